The number of rotatable bonds is 10. The first-order valence-corrected chi connectivity index (χ1v) is 11.0. The Hall–Kier alpha value is -3.66. The Morgan fingerprint density at radius 2 is 1.58 bits per heavy atom. The molecule has 2 aromatic carbocycles. The van der Waals surface area contributed by atoms with Crippen molar-refractivity contribution in [3.63, 3.8) is 0 Å². The third kappa shape index (κ3) is 6.41. The summed E-state index contributed by atoms with van der Waals surface area (Å²) in [5.41, 5.74) is 0.430. The molecule has 0 bridgehead atoms. The SMILES string of the molecule is CCCOc1ccccc1OCC(=O)Nc1ccc(S(=O)(=O)Nc2ncccn2)cc1. The van der Waals surface area contributed by atoms with Crippen molar-refractivity contribution in [2.75, 3.05) is 23.3 Å². The highest BCUT2D eigenvalue weighted by atomic mass is 32.2. The second-order valence-electron chi connectivity index (χ2n) is 6.33. The molecule has 0 aliphatic carbocycles. The summed E-state index contributed by atoms with van der Waals surface area (Å²) in [6.07, 6.45) is 3.72. The van der Waals surface area contributed by atoms with Gasteiger partial charge < -0.3 is 14.8 Å². The molecule has 31 heavy (non-hydrogen) atoms. The van der Waals surface area contributed by atoms with Crippen molar-refractivity contribution in [2.45, 2.75) is 18.2 Å². The third-order valence-electron chi connectivity index (χ3n) is 3.91. The maximum atomic E-state index is 12.4. The normalized spacial score (nSPS) is 10.9. The fourth-order valence-corrected chi connectivity index (χ4v) is 3.45. The van der Waals surface area contributed by atoms with Crippen LogP contribution < -0.4 is 19.5 Å². The van der Waals surface area contributed by atoms with Crippen LogP contribution >= 0.6 is 0 Å². The maximum absolute atomic E-state index is 12.4. The van der Waals surface area contributed by atoms with Gasteiger partial charge in [0, 0.05) is 18.1 Å². The predicted octanol–water partition coefficient (Wildman–Crippen LogP) is 3.08. The van der Waals surface area contributed by atoms with Gasteiger partial charge in [0.2, 0.25) is 5.95 Å². The summed E-state index contributed by atoms with van der Waals surface area (Å²) in [4.78, 5) is 19.9. The van der Waals surface area contributed by atoms with Crippen molar-refractivity contribution in [3.8, 4) is 11.5 Å². The van der Waals surface area contributed by atoms with E-state index in [0.29, 0.717) is 23.8 Å². The van der Waals surface area contributed by atoms with E-state index in [2.05, 4.69) is 20.0 Å². The summed E-state index contributed by atoms with van der Waals surface area (Å²) in [7, 11) is -3.84. The van der Waals surface area contributed by atoms with Crippen molar-refractivity contribution >= 4 is 27.6 Å². The third-order valence-corrected chi connectivity index (χ3v) is 5.25. The first kappa shape index (κ1) is 22.0. The zero-order valence-electron chi connectivity index (χ0n) is 16.8. The molecule has 0 spiro atoms. The number of nitrogens with one attached hydrogen (secondary N) is 2. The number of para-hydroxylation sites is 2. The lowest BCUT2D eigenvalue weighted by atomic mass is 10.3. The van der Waals surface area contributed by atoms with Crippen LogP contribution in [-0.4, -0.2) is 37.5 Å². The summed E-state index contributed by atoms with van der Waals surface area (Å²) in [6, 6.07) is 14.4. The number of sulfonamides is 1. The largest absolute Gasteiger partial charge is 0.490 e. The van der Waals surface area contributed by atoms with E-state index >= 15 is 0 Å². The van der Waals surface area contributed by atoms with Gasteiger partial charge >= 0.3 is 0 Å². The summed E-state index contributed by atoms with van der Waals surface area (Å²) in [5, 5.41) is 2.66. The van der Waals surface area contributed by atoms with Gasteiger partial charge in [-0.05, 0) is 48.9 Å². The number of ether oxygens (including phenoxy) is 2. The Bertz CT molecular complexity index is 1110. The molecule has 0 radical (unpaired) electrons. The second kappa shape index (κ2) is 10.4. The van der Waals surface area contributed by atoms with Gasteiger partial charge in [-0.15, -0.1) is 0 Å². The van der Waals surface area contributed by atoms with Gasteiger partial charge in [0.1, 0.15) is 0 Å². The molecule has 3 aromatic rings. The van der Waals surface area contributed by atoms with E-state index in [1.54, 1.807) is 24.3 Å². The number of carbonyl (C=O) groups excluding carboxylic acids is 1. The Labute approximate surface area is 180 Å². The van der Waals surface area contributed by atoms with E-state index in [-0.39, 0.29) is 17.5 Å². The first-order chi connectivity index (χ1) is 15.0. The topological polar surface area (TPSA) is 120 Å². The van der Waals surface area contributed by atoms with E-state index < -0.39 is 15.9 Å². The number of carbonyl (C=O) groups is 1. The molecule has 1 amide bonds. The lowest BCUT2D eigenvalue weighted by Gasteiger charge is -2.12. The Morgan fingerprint density at radius 1 is 0.935 bits per heavy atom. The Morgan fingerprint density at radius 3 is 2.23 bits per heavy atom. The van der Waals surface area contributed by atoms with E-state index in [1.165, 1.54) is 36.7 Å². The number of hydrogen-bond acceptors (Lipinski definition) is 7. The summed E-state index contributed by atoms with van der Waals surface area (Å²) < 4.78 is 38.2. The van der Waals surface area contributed by atoms with Crippen molar-refractivity contribution in [3.05, 3.63) is 67.0 Å². The van der Waals surface area contributed by atoms with Crippen LogP contribution in [0.25, 0.3) is 0 Å². The summed E-state index contributed by atoms with van der Waals surface area (Å²) in [5.74, 6) is 0.625. The number of amides is 1. The van der Waals surface area contributed by atoms with E-state index in [1.807, 2.05) is 13.0 Å². The zero-order valence-corrected chi connectivity index (χ0v) is 17.6. The molecule has 0 saturated carbocycles. The molecule has 9 nitrogen and oxygen atoms in total. The molecule has 0 aliphatic heterocycles. The van der Waals surface area contributed by atoms with E-state index in [9.17, 15) is 13.2 Å². The van der Waals surface area contributed by atoms with Crippen LogP contribution in [0.15, 0.2) is 71.9 Å². The van der Waals surface area contributed by atoms with Crippen LogP contribution in [-0.2, 0) is 14.8 Å². The lowest BCUT2D eigenvalue weighted by molar-refractivity contribution is -0.118. The first-order valence-electron chi connectivity index (χ1n) is 9.52. The van der Waals surface area contributed by atoms with Crippen LogP contribution in [0.3, 0.4) is 0 Å². The van der Waals surface area contributed by atoms with Gasteiger partial charge in [-0.25, -0.2) is 23.1 Å². The molecule has 0 fully saturated rings. The Balaban J connectivity index is 1.57. The minimum absolute atomic E-state index is 0.0104. The molecule has 2 N–H and O–H groups in total. The lowest BCUT2D eigenvalue weighted by Crippen LogP contribution is -2.20. The number of anilines is 2. The van der Waals surface area contributed by atoms with Crippen molar-refractivity contribution < 1.29 is 22.7 Å². The molecule has 0 unspecified atom stereocenters. The van der Waals surface area contributed by atoms with Gasteiger partial charge in [-0.3, -0.25) is 4.79 Å². The van der Waals surface area contributed by atoms with Gasteiger partial charge in [0.25, 0.3) is 15.9 Å². The number of hydrogen-bond donors (Lipinski definition) is 2. The predicted molar refractivity (Wildman–Crippen MR) is 116 cm³/mol. The van der Waals surface area contributed by atoms with Crippen LogP contribution in [0.4, 0.5) is 11.6 Å². The number of nitrogens with zero attached hydrogens (tertiary/aromatic N) is 2. The van der Waals surface area contributed by atoms with E-state index in [4.69, 9.17) is 9.47 Å². The monoisotopic (exact) mass is 442 g/mol. The molecule has 0 aliphatic rings. The highest BCUT2D eigenvalue weighted by Crippen LogP contribution is 2.26. The maximum Gasteiger partial charge on any atom is 0.264 e. The molecular formula is C21H22N4O5S. The van der Waals surface area contributed by atoms with Crippen LogP contribution in [0.1, 0.15) is 13.3 Å². The van der Waals surface area contributed by atoms with Gasteiger partial charge in [0.05, 0.1) is 11.5 Å². The van der Waals surface area contributed by atoms with Crippen LogP contribution in [0.2, 0.25) is 0 Å². The minimum atomic E-state index is -3.84. The van der Waals surface area contributed by atoms with Crippen molar-refractivity contribution in [2.24, 2.45) is 0 Å². The van der Waals surface area contributed by atoms with Crippen LogP contribution in [0, 0.1) is 0 Å². The summed E-state index contributed by atoms with van der Waals surface area (Å²) >= 11 is 0. The molecule has 3 rings (SSSR count). The standard InChI is InChI=1S/C21H22N4O5S/c1-2-14-29-18-6-3-4-7-19(18)30-15-20(26)24-16-8-10-17(11-9-16)31(27,28)25-21-22-12-5-13-23-21/h3-13H,2,14-15H2,1H3,(H,24,26)(H,22,23,25). The quantitative estimate of drug-likeness (QED) is 0.495. The molecular weight excluding hydrogens is 420 g/mol. The average molecular weight is 442 g/mol. The number of aromatic nitrogens is 2. The molecule has 1 heterocycles. The van der Waals surface area contributed by atoms with Crippen LogP contribution in [0.5, 0.6) is 11.5 Å². The minimum Gasteiger partial charge on any atom is -0.490 e. The Kier molecular flexibility index (Phi) is 7.39. The second-order valence-corrected chi connectivity index (χ2v) is 8.02. The highest BCUT2D eigenvalue weighted by molar-refractivity contribution is 7.92. The highest BCUT2D eigenvalue weighted by Gasteiger charge is 2.15. The summed E-state index contributed by atoms with van der Waals surface area (Å²) in [6.45, 7) is 2.32. The van der Waals surface area contributed by atoms with Crippen molar-refractivity contribution in [1.82, 2.24) is 9.97 Å². The fourth-order valence-electron chi connectivity index (χ4n) is 2.49. The zero-order chi connectivity index (χ0) is 22.1. The molecule has 10 heteroatoms. The average Bonchev–Trinajstić information content (AvgIpc) is 2.77. The van der Waals surface area contributed by atoms with Gasteiger partial charge in [-0.2, -0.15) is 0 Å². The smallest absolute Gasteiger partial charge is 0.264 e. The molecule has 0 atom stereocenters. The number of benzene rings is 2. The molecule has 1 aromatic heterocycles. The fraction of sp³-hybridized carbons (Fsp3) is 0.190. The van der Waals surface area contributed by atoms with Crippen molar-refractivity contribution in [1.29, 1.82) is 0 Å². The molecule has 162 valence electrons. The van der Waals surface area contributed by atoms with Gasteiger partial charge in [-0.1, -0.05) is 19.1 Å². The van der Waals surface area contributed by atoms with E-state index in [0.717, 1.165) is 6.42 Å². The van der Waals surface area contributed by atoms with Gasteiger partial charge in [0.15, 0.2) is 18.1 Å². The molecule has 0 saturated heterocycles.